The van der Waals surface area contributed by atoms with Gasteiger partial charge in [0.2, 0.25) is 0 Å². The van der Waals surface area contributed by atoms with Gasteiger partial charge in [-0.2, -0.15) is 5.26 Å². The molecular formula is C12H13NO2. The maximum absolute atomic E-state index is 11.1. The van der Waals surface area contributed by atoms with Crippen LogP contribution in [0.25, 0.3) is 0 Å². The number of hydrogen-bond acceptors (Lipinski definition) is 3. The molecule has 3 heteroatoms. The molecule has 0 N–H and O–H groups in total. The van der Waals surface area contributed by atoms with Crippen LogP contribution in [0.2, 0.25) is 0 Å². The average molecular weight is 203 g/mol. The molecule has 0 spiro atoms. The zero-order valence-electron chi connectivity index (χ0n) is 8.69. The van der Waals surface area contributed by atoms with Crippen LogP contribution >= 0.6 is 0 Å². The highest BCUT2D eigenvalue weighted by Crippen LogP contribution is 2.10. The Kier molecular flexibility index (Phi) is 4.36. The number of esters is 1. The number of carbonyl (C=O) groups is 1. The van der Waals surface area contributed by atoms with Crippen LogP contribution in [0.1, 0.15) is 24.5 Å². The molecule has 1 aromatic rings. The first-order chi connectivity index (χ1) is 7.27. The molecule has 0 aliphatic rings. The smallest absolute Gasteiger partial charge is 0.306 e. The van der Waals surface area contributed by atoms with Gasteiger partial charge in [0.1, 0.15) is 0 Å². The van der Waals surface area contributed by atoms with E-state index in [1.54, 1.807) is 13.0 Å². The lowest BCUT2D eigenvalue weighted by atomic mass is 10.0. The van der Waals surface area contributed by atoms with Gasteiger partial charge < -0.3 is 4.74 Å². The van der Waals surface area contributed by atoms with E-state index in [0.29, 0.717) is 25.0 Å². The van der Waals surface area contributed by atoms with Gasteiger partial charge in [0, 0.05) is 6.42 Å². The Bertz CT molecular complexity index is 379. The first kappa shape index (κ1) is 11.3. The Morgan fingerprint density at radius 1 is 1.47 bits per heavy atom. The fourth-order valence-corrected chi connectivity index (χ4v) is 1.32. The molecule has 0 fully saturated rings. The predicted octanol–water partition coefficient (Wildman–Crippen LogP) is 2.05. The first-order valence-electron chi connectivity index (χ1n) is 4.91. The molecule has 0 unspecified atom stereocenters. The maximum atomic E-state index is 11.1. The van der Waals surface area contributed by atoms with E-state index in [1.807, 2.05) is 18.2 Å². The minimum Gasteiger partial charge on any atom is -0.466 e. The fourth-order valence-electron chi connectivity index (χ4n) is 1.32. The third-order valence-corrected chi connectivity index (χ3v) is 2.04. The molecule has 1 aromatic carbocycles. The SMILES string of the molecule is CCOC(=O)CCc1ccccc1C#N. The lowest BCUT2D eigenvalue weighted by Gasteiger charge is -2.03. The summed E-state index contributed by atoms with van der Waals surface area (Å²) in [6.07, 6.45) is 0.884. The van der Waals surface area contributed by atoms with Gasteiger partial charge in [0.15, 0.2) is 0 Å². The molecule has 0 saturated heterocycles. The second kappa shape index (κ2) is 5.82. The van der Waals surface area contributed by atoms with Gasteiger partial charge in [0.05, 0.1) is 18.2 Å². The minimum atomic E-state index is -0.217. The van der Waals surface area contributed by atoms with Crippen molar-refractivity contribution in [3.8, 4) is 6.07 Å². The summed E-state index contributed by atoms with van der Waals surface area (Å²) in [5.41, 5.74) is 1.52. The van der Waals surface area contributed by atoms with Crippen molar-refractivity contribution >= 4 is 5.97 Å². The van der Waals surface area contributed by atoms with E-state index >= 15 is 0 Å². The Labute approximate surface area is 89.3 Å². The highest BCUT2D eigenvalue weighted by molar-refractivity contribution is 5.69. The zero-order valence-corrected chi connectivity index (χ0v) is 8.69. The number of rotatable bonds is 4. The molecule has 15 heavy (non-hydrogen) atoms. The number of hydrogen-bond donors (Lipinski definition) is 0. The Balaban J connectivity index is 2.58. The van der Waals surface area contributed by atoms with Crippen LogP contribution in [0.3, 0.4) is 0 Å². The van der Waals surface area contributed by atoms with Crippen molar-refractivity contribution in [2.75, 3.05) is 6.61 Å². The molecule has 0 radical (unpaired) electrons. The number of nitriles is 1. The average Bonchev–Trinajstić information content (AvgIpc) is 2.27. The zero-order chi connectivity index (χ0) is 11.1. The molecule has 0 aromatic heterocycles. The normalized spacial score (nSPS) is 9.33. The molecule has 1 rings (SSSR count). The van der Waals surface area contributed by atoms with E-state index in [4.69, 9.17) is 10.00 Å². The predicted molar refractivity (Wildman–Crippen MR) is 56.1 cm³/mol. The van der Waals surface area contributed by atoms with Gasteiger partial charge in [-0.15, -0.1) is 0 Å². The third-order valence-electron chi connectivity index (χ3n) is 2.04. The quantitative estimate of drug-likeness (QED) is 0.704. The van der Waals surface area contributed by atoms with Crippen LogP contribution < -0.4 is 0 Å². The Morgan fingerprint density at radius 3 is 2.87 bits per heavy atom. The molecule has 0 heterocycles. The number of benzene rings is 1. The minimum absolute atomic E-state index is 0.217. The summed E-state index contributed by atoms with van der Waals surface area (Å²) >= 11 is 0. The largest absolute Gasteiger partial charge is 0.466 e. The van der Waals surface area contributed by atoms with Gasteiger partial charge in [-0.25, -0.2) is 0 Å². The van der Waals surface area contributed by atoms with E-state index in [-0.39, 0.29) is 5.97 Å². The number of ether oxygens (including phenoxy) is 1. The highest BCUT2D eigenvalue weighted by Gasteiger charge is 2.05. The molecule has 0 aliphatic heterocycles. The molecule has 0 amide bonds. The van der Waals surface area contributed by atoms with E-state index in [2.05, 4.69) is 6.07 Å². The third kappa shape index (κ3) is 3.43. The van der Waals surface area contributed by atoms with Crippen LogP contribution in [0.4, 0.5) is 0 Å². The van der Waals surface area contributed by atoms with Gasteiger partial charge in [-0.1, -0.05) is 18.2 Å². The van der Waals surface area contributed by atoms with Crippen molar-refractivity contribution in [2.45, 2.75) is 19.8 Å². The summed E-state index contributed by atoms with van der Waals surface area (Å²) < 4.78 is 4.82. The summed E-state index contributed by atoms with van der Waals surface area (Å²) in [6, 6.07) is 9.38. The van der Waals surface area contributed by atoms with E-state index in [9.17, 15) is 4.79 Å². The number of nitrogens with zero attached hydrogens (tertiary/aromatic N) is 1. The fraction of sp³-hybridized carbons (Fsp3) is 0.333. The van der Waals surface area contributed by atoms with Crippen LogP contribution in [0.15, 0.2) is 24.3 Å². The molecule has 3 nitrogen and oxygen atoms in total. The van der Waals surface area contributed by atoms with E-state index in [1.165, 1.54) is 0 Å². The van der Waals surface area contributed by atoms with Crippen LogP contribution in [0.5, 0.6) is 0 Å². The van der Waals surface area contributed by atoms with Crippen molar-refractivity contribution < 1.29 is 9.53 Å². The topological polar surface area (TPSA) is 50.1 Å². The second-order valence-electron chi connectivity index (χ2n) is 3.07. The monoisotopic (exact) mass is 203 g/mol. The van der Waals surface area contributed by atoms with Gasteiger partial charge in [-0.05, 0) is 25.0 Å². The Hall–Kier alpha value is -1.82. The van der Waals surface area contributed by atoms with Crippen molar-refractivity contribution in [1.29, 1.82) is 5.26 Å². The molecular weight excluding hydrogens is 190 g/mol. The number of aryl methyl sites for hydroxylation is 1. The summed E-state index contributed by atoms with van der Waals surface area (Å²) in [4.78, 5) is 11.1. The van der Waals surface area contributed by atoms with E-state index < -0.39 is 0 Å². The van der Waals surface area contributed by atoms with Crippen molar-refractivity contribution in [3.63, 3.8) is 0 Å². The summed E-state index contributed by atoms with van der Waals surface area (Å²) in [6.45, 7) is 2.18. The molecule has 78 valence electrons. The standard InChI is InChI=1S/C12H13NO2/c1-2-15-12(14)8-7-10-5-3-4-6-11(10)9-13/h3-6H,2,7-8H2,1H3. The molecule has 0 aliphatic carbocycles. The van der Waals surface area contributed by atoms with Crippen LogP contribution in [-0.2, 0) is 16.0 Å². The van der Waals surface area contributed by atoms with Crippen molar-refractivity contribution in [1.82, 2.24) is 0 Å². The molecule has 0 atom stereocenters. The summed E-state index contributed by atoms with van der Waals surface area (Å²) in [7, 11) is 0. The van der Waals surface area contributed by atoms with Crippen LogP contribution in [0, 0.1) is 11.3 Å². The Morgan fingerprint density at radius 2 is 2.20 bits per heavy atom. The van der Waals surface area contributed by atoms with Crippen molar-refractivity contribution in [3.05, 3.63) is 35.4 Å². The van der Waals surface area contributed by atoms with Crippen molar-refractivity contribution in [2.24, 2.45) is 0 Å². The maximum Gasteiger partial charge on any atom is 0.306 e. The second-order valence-corrected chi connectivity index (χ2v) is 3.07. The number of carbonyl (C=O) groups excluding carboxylic acids is 1. The lowest BCUT2D eigenvalue weighted by Crippen LogP contribution is -2.05. The summed E-state index contributed by atoms with van der Waals surface area (Å²) in [5.74, 6) is -0.217. The first-order valence-corrected chi connectivity index (χ1v) is 4.91. The summed E-state index contributed by atoms with van der Waals surface area (Å²) in [5, 5.41) is 8.82. The molecule has 0 bridgehead atoms. The van der Waals surface area contributed by atoms with Gasteiger partial charge in [-0.3, -0.25) is 4.79 Å². The van der Waals surface area contributed by atoms with Crippen LogP contribution in [-0.4, -0.2) is 12.6 Å². The highest BCUT2D eigenvalue weighted by atomic mass is 16.5. The van der Waals surface area contributed by atoms with E-state index in [0.717, 1.165) is 5.56 Å². The van der Waals surface area contributed by atoms with Gasteiger partial charge >= 0.3 is 5.97 Å². The lowest BCUT2D eigenvalue weighted by molar-refractivity contribution is -0.143. The molecule has 0 saturated carbocycles. The van der Waals surface area contributed by atoms with Gasteiger partial charge in [0.25, 0.3) is 0 Å².